The number of hydrogen-bond donors (Lipinski definition) is 1. The molecule has 16 fully saturated rings. The van der Waals surface area contributed by atoms with Crippen molar-refractivity contribution in [3.05, 3.63) is 0 Å². The number of nitrogens with zero attached hydrogens (tertiary/aromatic N) is 1. The molecule has 2 heteroatoms. The molecule has 246 valence electrons. The third kappa shape index (κ3) is 2.04. The van der Waals surface area contributed by atoms with Crippen LogP contribution in [0.15, 0.2) is 0 Å². The van der Waals surface area contributed by atoms with E-state index < -0.39 is 0 Å². The molecule has 0 aromatic heterocycles. The predicted molar refractivity (Wildman–Crippen MR) is 177 cm³/mol. The first kappa shape index (κ1) is 25.0. The fourth-order valence-electron chi connectivity index (χ4n) is 26.2. The van der Waals surface area contributed by atoms with Crippen LogP contribution in [0.25, 0.3) is 0 Å². The maximum absolute atomic E-state index is 3.93. The highest BCUT2D eigenvalue weighted by Gasteiger charge is 2.89. The Hall–Kier alpha value is -0.0800. The van der Waals surface area contributed by atoms with Gasteiger partial charge in [0.2, 0.25) is 0 Å². The first-order valence-corrected chi connectivity index (χ1v) is 22.0. The summed E-state index contributed by atoms with van der Waals surface area (Å²) in [5.41, 5.74) is 0. The lowest BCUT2D eigenvalue weighted by Crippen LogP contribution is -2.62. The van der Waals surface area contributed by atoms with Crippen molar-refractivity contribution < 1.29 is 0 Å². The minimum Gasteiger partial charge on any atom is -0.319 e. The Kier molecular flexibility index (Phi) is 3.96. The van der Waals surface area contributed by atoms with Crippen molar-refractivity contribution in [3.63, 3.8) is 0 Å². The molecular formula is C44H60N2. The fourth-order valence-corrected chi connectivity index (χ4v) is 26.2. The van der Waals surface area contributed by atoms with E-state index in [1.165, 1.54) is 149 Å². The zero-order valence-electron chi connectivity index (χ0n) is 28.8. The number of hydrogen-bond acceptors (Lipinski definition) is 2. The molecule has 0 aromatic carbocycles. The van der Waals surface area contributed by atoms with Crippen molar-refractivity contribution >= 4 is 0 Å². The predicted octanol–water partition coefficient (Wildman–Crippen LogP) is 6.58. The second-order valence-electron chi connectivity index (χ2n) is 23.0. The maximum Gasteiger partial charge on any atom is 0.0166 e. The van der Waals surface area contributed by atoms with Crippen molar-refractivity contribution in [3.8, 4) is 0 Å². The van der Waals surface area contributed by atoms with Gasteiger partial charge in [-0.1, -0.05) is 0 Å². The van der Waals surface area contributed by atoms with Crippen LogP contribution in [0.4, 0.5) is 0 Å². The lowest BCUT2D eigenvalue weighted by Gasteiger charge is -2.62. The number of fused-ring (bicyclic) bond motifs is 5. The first-order chi connectivity index (χ1) is 22.7. The molecule has 0 saturated heterocycles. The van der Waals surface area contributed by atoms with Gasteiger partial charge in [-0.2, -0.15) is 0 Å². The molecule has 2 nitrogen and oxygen atoms in total. The minimum atomic E-state index is 0.864. The van der Waals surface area contributed by atoms with Crippen molar-refractivity contribution in [2.24, 2.45) is 183 Å². The summed E-state index contributed by atoms with van der Waals surface area (Å²) in [4.78, 5) is 2.89. The number of rotatable bonds is 3. The van der Waals surface area contributed by atoms with Crippen LogP contribution in [-0.2, 0) is 0 Å². The van der Waals surface area contributed by atoms with E-state index in [-0.39, 0.29) is 0 Å². The zero-order valence-corrected chi connectivity index (χ0v) is 28.8. The van der Waals surface area contributed by atoms with Crippen LogP contribution >= 0.6 is 0 Å². The van der Waals surface area contributed by atoms with Crippen LogP contribution in [-0.4, -0.2) is 38.6 Å². The normalized spacial score (nSPS) is 80.6. The van der Waals surface area contributed by atoms with Crippen LogP contribution in [0, 0.1) is 183 Å². The van der Waals surface area contributed by atoms with Gasteiger partial charge in [0.15, 0.2) is 0 Å². The van der Waals surface area contributed by atoms with Gasteiger partial charge in [-0.3, -0.25) is 0 Å². The van der Waals surface area contributed by atoms with Gasteiger partial charge >= 0.3 is 0 Å². The highest BCUT2D eigenvalue weighted by atomic mass is 15.1. The topological polar surface area (TPSA) is 15.3 Å². The Morgan fingerprint density at radius 3 is 0.978 bits per heavy atom. The minimum absolute atomic E-state index is 0.864. The molecular weight excluding hydrogens is 556 g/mol. The largest absolute Gasteiger partial charge is 0.319 e. The molecule has 32 atom stereocenters. The van der Waals surface area contributed by atoms with E-state index in [2.05, 4.69) is 31.4 Å². The Morgan fingerprint density at radius 1 is 0.348 bits per heavy atom. The molecule has 0 bridgehead atoms. The first-order valence-electron chi connectivity index (χ1n) is 22.0. The highest BCUT2D eigenvalue weighted by Crippen LogP contribution is 2.93. The van der Waals surface area contributed by atoms with E-state index in [0.29, 0.717) is 0 Å². The van der Waals surface area contributed by atoms with Crippen LogP contribution in [0.1, 0.15) is 51.4 Å². The van der Waals surface area contributed by atoms with Gasteiger partial charge in [0, 0.05) is 6.04 Å². The summed E-state index contributed by atoms with van der Waals surface area (Å²) >= 11 is 0. The molecule has 0 heterocycles. The molecule has 0 aromatic rings. The van der Waals surface area contributed by atoms with E-state index >= 15 is 0 Å². The van der Waals surface area contributed by atoms with Crippen LogP contribution < -0.4 is 5.32 Å². The van der Waals surface area contributed by atoms with Crippen LogP contribution in [0.3, 0.4) is 0 Å². The molecule has 0 aliphatic heterocycles. The summed E-state index contributed by atoms with van der Waals surface area (Å²) in [6.07, 6.45) is 13.5. The molecule has 16 saturated carbocycles. The van der Waals surface area contributed by atoms with E-state index in [4.69, 9.17) is 0 Å². The number of nitrogens with one attached hydrogen (secondary N) is 1. The fraction of sp³-hybridized carbons (Fsp3) is 1.00. The van der Waals surface area contributed by atoms with Gasteiger partial charge in [-0.05, 0) is 263 Å². The van der Waals surface area contributed by atoms with Crippen LogP contribution in [0.2, 0.25) is 0 Å². The standard InChI is InChI=1S/C44H60N2/c1-45-12-21-22-19-10-8-17-15-6-4-13-14-5-7-16-18-9-11-20-30-28(18)35-26(16)24(14)33-23(13)25(15)34-27(17)29(19)36-32(22)38(31(20)44(21)46(2)3)37(30)43-41(35)39(33)40(34)42(36)43/h13-45H,4-12H2,1-3H3. The summed E-state index contributed by atoms with van der Waals surface area (Å²) in [6, 6.07) is 0.864. The summed E-state index contributed by atoms with van der Waals surface area (Å²) in [7, 11) is 7.49. The summed E-state index contributed by atoms with van der Waals surface area (Å²) in [5.74, 6) is 36.6. The molecule has 32 unspecified atom stereocenters. The Morgan fingerprint density at radius 2 is 0.609 bits per heavy atom. The summed E-state index contributed by atoms with van der Waals surface area (Å²) in [5, 5.41) is 3.93. The van der Waals surface area contributed by atoms with Gasteiger partial charge in [0.05, 0.1) is 0 Å². The van der Waals surface area contributed by atoms with Crippen molar-refractivity contribution in [1.29, 1.82) is 0 Å². The third-order valence-electron chi connectivity index (χ3n) is 24.3. The van der Waals surface area contributed by atoms with Gasteiger partial charge in [0.1, 0.15) is 0 Å². The van der Waals surface area contributed by atoms with E-state index in [1.807, 2.05) is 0 Å². The van der Waals surface area contributed by atoms with Gasteiger partial charge in [-0.25, -0.2) is 0 Å². The lowest BCUT2D eigenvalue weighted by molar-refractivity contribution is -0.156. The zero-order chi connectivity index (χ0) is 29.1. The molecule has 0 radical (unpaired) electrons. The molecule has 0 amide bonds. The van der Waals surface area contributed by atoms with Gasteiger partial charge in [0.25, 0.3) is 0 Å². The smallest absolute Gasteiger partial charge is 0.0166 e. The Balaban J connectivity index is 1.04. The van der Waals surface area contributed by atoms with Crippen molar-refractivity contribution in [1.82, 2.24) is 10.2 Å². The summed E-state index contributed by atoms with van der Waals surface area (Å²) in [6.45, 7) is 1.32. The Bertz CT molecular complexity index is 1490. The van der Waals surface area contributed by atoms with Crippen LogP contribution in [0.5, 0.6) is 0 Å². The van der Waals surface area contributed by atoms with Crippen molar-refractivity contribution in [2.45, 2.75) is 57.4 Å². The Labute approximate surface area is 278 Å². The van der Waals surface area contributed by atoms with E-state index in [1.54, 1.807) is 51.4 Å². The highest BCUT2D eigenvalue weighted by molar-refractivity contribution is 5.36. The molecule has 16 aliphatic carbocycles. The average Bonchev–Trinajstić information content (AvgIpc) is 3.88. The molecule has 46 heavy (non-hydrogen) atoms. The maximum atomic E-state index is 3.93. The molecule has 16 rings (SSSR count). The molecule has 16 aliphatic rings. The molecule has 1 N–H and O–H groups in total. The third-order valence-corrected chi connectivity index (χ3v) is 24.3. The van der Waals surface area contributed by atoms with E-state index in [9.17, 15) is 0 Å². The SMILES string of the molecule is CNCC1C2C3CCC4C5CCC6C7CCC8C9CCC%10C%11C9C9C8C7C7C6C5C5C4C3C3C2C(C%11C2C9C7C5C32)C%10C1N(C)C. The molecule has 0 spiro atoms. The van der Waals surface area contributed by atoms with Gasteiger partial charge < -0.3 is 10.2 Å². The quantitative estimate of drug-likeness (QED) is 0.386. The summed E-state index contributed by atoms with van der Waals surface area (Å²) < 4.78 is 0. The second-order valence-corrected chi connectivity index (χ2v) is 23.0. The van der Waals surface area contributed by atoms with E-state index in [0.717, 1.165) is 47.5 Å². The van der Waals surface area contributed by atoms with Gasteiger partial charge in [-0.15, -0.1) is 0 Å². The average molecular weight is 617 g/mol. The second kappa shape index (κ2) is 7.30. The van der Waals surface area contributed by atoms with Crippen molar-refractivity contribution in [2.75, 3.05) is 27.7 Å². The lowest BCUT2D eigenvalue weighted by atomic mass is 9.42. The monoisotopic (exact) mass is 616 g/mol.